The summed E-state index contributed by atoms with van der Waals surface area (Å²) in [6.07, 6.45) is -8.96. The Morgan fingerprint density at radius 3 is 1.44 bits per heavy atom. The first-order valence-corrected chi connectivity index (χ1v) is 18.6. The molecule has 0 spiro atoms. The Kier molecular flexibility index (Phi) is 8.08. The second kappa shape index (κ2) is 13.3. The van der Waals surface area contributed by atoms with Crippen LogP contribution < -0.4 is 9.80 Å². The van der Waals surface area contributed by atoms with Crippen molar-refractivity contribution in [1.29, 1.82) is 5.26 Å². The summed E-state index contributed by atoms with van der Waals surface area (Å²) in [6.45, 7) is 0. The van der Waals surface area contributed by atoms with E-state index in [9.17, 15) is 31.6 Å². The lowest BCUT2D eigenvalue weighted by atomic mass is 9.98. The van der Waals surface area contributed by atoms with E-state index >= 15 is 0 Å². The average Bonchev–Trinajstić information content (AvgIpc) is 3.75. The number of rotatable bonds is 6. The number of hydrogen-bond donors (Lipinski definition) is 0. The maximum absolute atomic E-state index is 13.6. The molecule has 0 saturated carbocycles. The highest BCUT2D eigenvalue weighted by Gasteiger charge is 2.32. The predicted molar refractivity (Wildman–Crippen MR) is 223 cm³/mol. The lowest BCUT2D eigenvalue weighted by molar-refractivity contribution is -0.138. The maximum Gasteiger partial charge on any atom is 0.416 e. The number of aromatic nitrogens is 1. The molecule has 0 aliphatic rings. The van der Waals surface area contributed by atoms with Crippen molar-refractivity contribution in [3.8, 4) is 6.07 Å². The Bertz CT molecular complexity index is 3240. The van der Waals surface area contributed by atoms with Crippen molar-refractivity contribution >= 4 is 83.0 Å². The van der Waals surface area contributed by atoms with Gasteiger partial charge in [-0.1, -0.05) is 54.6 Å². The van der Waals surface area contributed by atoms with Gasteiger partial charge in [0.25, 0.3) is 0 Å². The van der Waals surface area contributed by atoms with Crippen molar-refractivity contribution in [3.05, 3.63) is 187 Å². The Balaban J connectivity index is 1.22. The molecule has 0 aliphatic carbocycles. The van der Waals surface area contributed by atoms with Crippen LogP contribution >= 0.6 is 0 Å². The van der Waals surface area contributed by atoms with Crippen LogP contribution in [-0.4, -0.2) is 4.40 Å². The van der Waals surface area contributed by atoms with Gasteiger partial charge in [-0.15, -0.1) is 0 Å². The van der Waals surface area contributed by atoms with Crippen LogP contribution in [0.15, 0.2) is 170 Å². The number of hydrogen-bond acceptors (Lipinski definition) is 3. The zero-order valence-corrected chi connectivity index (χ0v) is 30.7. The molecule has 0 amide bonds. The molecule has 8 aromatic carbocycles. The summed E-state index contributed by atoms with van der Waals surface area (Å²) in [6, 6.07) is 51.1. The van der Waals surface area contributed by atoms with Crippen molar-refractivity contribution in [2.24, 2.45) is 0 Å². The molecule has 286 valence electrons. The molecule has 4 nitrogen and oxygen atoms in total. The molecule has 0 N–H and O–H groups in total. The Hall–Kier alpha value is -7.51. The molecule has 0 bridgehead atoms. The van der Waals surface area contributed by atoms with E-state index in [-0.39, 0.29) is 0 Å². The van der Waals surface area contributed by atoms with Crippen LogP contribution in [0.2, 0.25) is 0 Å². The average molecular weight is 787 g/mol. The minimum absolute atomic E-state index is 0.473. The SMILES string of the molecule is N#Cc1ccc2c3c4cc(N(c5ccccc5)c5ccc(C(F)(F)F)cc5)ccc4cc4c5ccc(N(c6ccccc6)c6ccc(C(F)(F)F)cc6)cc5n(c2c1)c43. The van der Waals surface area contributed by atoms with Crippen molar-refractivity contribution in [2.45, 2.75) is 12.4 Å². The topological polar surface area (TPSA) is 34.7 Å². The monoisotopic (exact) mass is 786 g/mol. The van der Waals surface area contributed by atoms with Gasteiger partial charge in [-0.3, -0.25) is 0 Å². The van der Waals surface area contributed by atoms with E-state index < -0.39 is 23.5 Å². The third kappa shape index (κ3) is 5.93. The Labute approximate surface area is 332 Å². The van der Waals surface area contributed by atoms with E-state index in [1.54, 1.807) is 6.07 Å². The fraction of sp³-hybridized carbons (Fsp3) is 0.0408. The highest BCUT2D eigenvalue weighted by atomic mass is 19.4. The molecule has 0 unspecified atom stereocenters. The number of anilines is 6. The Morgan fingerprint density at radius 2 is 0.898 bits per heavy atom. The van der Waals surface area contributed by atoms with Gasteiger partial charge in [0.05, 0.1) is 39.3 Å². The summed E-state index contributed by atoms with van der Waals surface area (Å²) < 4.78 is 83.8. The number of nitrogens with zero attached hydrogens (tertiary/aromatic N) is 4. The first-order chi connectivity index (χ1) is 28.5. The fourth-order valence-electron chi connectivity index (χ4n) is 8.31. The molecule has 0 saturated heterocycles. The lowest BCUT2D eigenvalue weighted by Crippen LogP contribution is -2.11. The molecular formula is C49H28F6N4. The van der Waals surface area contributed by atoms with Crippen LogP contribution in [0.5, 0.6) is 0 Å². The third-order valence-corrected chi connectivity index (χ3v) is 10.9. The molecule has 0 aliphatic heterocycles. The summed E-state index contributed by atoms with van der Waals surface area (Å²) in [4.78, 5) is 3.83. The van der Waals surface area contributed by atoms with Gasteiger partial charge in [-0.05, 0) is 126 Å². The van der Waals surface area contributed by atoms with E-state index in [2.05, 4.69) is 22.6 Å². The smallest absolute Gasteiger partial charge is 0.310 e. The van der Waals surface area contributed by atoms with Crippen LogP contribution in [0.3, 0.4) is 0 Å². The largest absolute Gasteiger partial charge is 0.416 e. The van der Waals surface area contributed by atoms with Crippen LogP contribution in [0, 0.1) is 11.3 Å². The Morgan fingerprint density at radius 1 is 0.424 bits per heavy atom. The highest BCUT2D eigenvalue weighted by molar-refractivity contribution is 6.31. The van der Waals surface area contributed by atoms with Gasteiger partial charge < -0.3 is 14.2 Å². The molecule has 2 aromatic heterocycles. The maximum atomic E-state index is 13.6. The van der Waals surface area contributed by atoms with Gasteiger partial charge in [-0.25, -0.2) is 0 Å². The predicted octanol–water partition coefficient (Wildman–Crippen LogP) is 14.8. The van der Waals surface area contributed by atoms with E-state index in [1.807, 2.05) is 113 Å². The van der Waals surface area contributed by atoms with Crippen LogP contribution in [0.1, 0.15) is 16.7 Å². The van der Waals surface area contributed by atoms with Gasteiger partial charge in [0, 0.05) is 55.7 Å². The zero-order valence-electron chi connectivity index (χ0n) is 30.7. The van der Waals surface area contributed by atoms with Crippen LogP contribution in [-0.2, 0) is 12.4 Å². The van der Waals surface area contributed by atoms with Gasteiger partial charge in [0.15, 0.2) is 0 Å². The van der Waals surface area contributed by atoms with Crippen LogP contribution in [0.4, 0.5) is 60.5 Å². The minimum Gasteiger partial charge on any atom is -0.310 e. The standard InChI is InChI=1S/C49H28F6N4/c50-48(51,52)32-13-18-36(19-14-32)57(34-7-3-1-4-8-34)38-17-12-31-26-43-40-24-22-39(58(35-9-5-2-6-10-35)37-20-15-33(16-21-37)49(53,54)55)28-45(40)59-44-25-30(29-56)11-23-41(44)46(47(43)59)42(31)27-38/h1-28H. The van der Waals surface area contributed by atoms with E-state index in [0.717, 1.165) is 95.9 Å². The van der Waals surface area contributed by atoms with E-state index in [4.69, 9.17) is 0 Å². The molecular weight excluding hydrogens is 759 g/mol. The van der Waals surface area contributed by atoms with Crippen molar-refractivity contribution in [2.75, 3.05) is 9.80 Å². The molecule has 10 rings (SSSR count). The quantitative estimate of drug-likeness (QED) is 0.157. The van der Waals surface area contributed by atoms with Gasteiger partial charge in [-0.2, -0.15) is 31.6 Å². The third-order valence-electron chi connectivity index (χ3n) is 10.9. The molecule has 0 atom stereocenters. The minimum atomic E-state index is -4.48. The van der Waals surface area contributed by atoms with Crippen molar-refractivity contribution < 1.29 is 26.3 Å². The van der Waals surface area contributed by atoms with Gasteiger partial charge in [0.1, 0.15) is 0 Å². The summed E-state index contributed by atoms with van der Waals surface area (Å²) in [5.74, 6) is 0. The summed E-state index contributed by atoms with van der Waals surface area (Å²) in [5.41, 5.74) is 5.64. The molecule has 59 heavy (non-hydrogen) atoms. The highest BCUT2D eigenvalue weighted by Crippen LogP contribution is 2.47. The van der Waals surface area contributed by atoms with Gasteiger partial charge in [0.2, 0.25) is 0 Å². The summed E-state index contributed by atoms with van der Waals surface area (Å²) >= 11 is 0. The number of para-hydroxylation sites is 2. The number of benzene rings is 8. The summed E-state index contributed by atoms with van der Waals surface area (Å²) in [5, 5.41) is 15.6. The second-order valence-corrected chi connectivity index (χ2v) is 14.4. The van der Waals surface area contributed by atoms with Crippen LogP contribution in [0.25, 0.3) is 48.9 Å². The molecule has 10 heteroatoms. The van der Waals surface area contributed by atoms with Crippen molar-refractivity contribution in [3.63, 3.8) is 0 Å². The lowest BCUT2D eigenvalue weighted by Gasteiger charge is -2.26. The number of nitriles is 1. The first kappa shape index (κ1) is 35.9. The zero-order chi connectivity index (χ0) is 40.6. The summed E-state index contributed by atoms with van der Waals surface area (Å²) in [7, 11) is 0. The molecule has 0 radical (unpaired) electrons. The number of alkyl halides is 6. The fourth-order valence-corrected chi connectivity index (χ4v) is 8.31. The van der Waals surface area contributed by atoms with E-state index in [1.165, 1.54) is 24.3 Å². The molecule has 0 fully saturated rings. The molecule has 10 aromatic rings. The van der Waals surface area contributed by atoms with Crippen molar-refractivity contribution in [1.82, 2.24) is 4.40 Å². The van der Waals surface area contributed by atoms with E-state index in [0.29, 0.717) is 16.9 Å². The first-order valence-electron chi connectivity index (χ1n) is 18.6. The number of halogens is 6. The second-order valence-electron chi connectivity index (χ2n) is 14.4. The normalized spacial score (nSPS) is 12.2. The number of fused-ring (bicyclic) bond motifs is 8. The molecule has 2 heterocycles. The van der Waals surface area contributed by atoms with Gasteiger partial charge >= 0.3 is 12.4 Å².